The van der Waals surface area contributed by atoms with Gasteiger partial charge in [0.1, 0.15) is 11.6 Å². The molecule has 4 rings (SSSR count). The topological polar surface area (TPSA) is 38.3 Å². The van der Waals surface area contributed by atoms with Crippen LogP contribution >= 0.6 is 22.9 Å². The molecule has 0 bridgehead atoms. The SMILES string of the molecule is COCCNC(=O)c1cccc(-c2ccc(F)c3cc(Cc4cc(F)cc(Cl)c4)sc23)c1. The van der Waals surface area contributed by atoms with Gasteiger partial charge in [-0.15, -0.1) is 11.3 Å². The molecule has 0 radical (unpaired) electrons. The molecule has 0 fully saturated rings. The molecular formula is C25H20ClF2NO2S. The van der Waals surface area contributed by atoms with Gasteiger partial charge in [-0.1, -0.05) is 29.8 Å². The second-order valence-electron chi connectivity index (χ2n) is 7.33. The zero-order valence-electron chi connectivity index (χ0n) is 17.3. The van der Waals surface area contributed by atoms with Crippen LogP contribution in [-0.2, 0) is 11.2 Å². The molecule has 0 saturated carbocycles. The van der Waals surface area contributed by atoms with Gasteiger partial charge in [0.15, 0.2) is 0 Å². The number of ether oxygens (including phenoxy) is 1. The minimum absolute atomic E-state index is 0.197. The van der Waals surface area contributed by atoms with Crippen LogP contribution in [0.15, 0.2) is 60.7 Å². The number of carbonyl (C=O) groups is 1. The molecule has 0 aliphatic rings. The lowest BCUT2D eigenvalue weighted by atomic mass is 10.0. The monoisotopic (exact) mass is 471 g/mol. The van der Waals surface area contributed by atoms with Gasteiger partial charge in [-0.25, -0.2) is 8.78 Å². The van der Waals surface area contributed by atoms with E-state index in [4.69, 9.17) is 16.3 Å². The predicted molar refractivity (Wildman–Crippen MR) is 126 cm³/mol. The van der Waals surface area contributed by atoms with Gasteiger partial charge in [0.2, 0.25) is 0 Å². The van der Waals surface area contributed by atoms with Gasteiger partial charge in [0.05, 0.1) is 6.61 Å². The number of benzene rings is 3. The number of halogens is 3. The molecule has 7 heteroatoms. The summed E-state index contributed by atoms with van der Waals surface area (Å²) in [5, 5.41) is 3.63. The highest BCUT2D eigenvalue weighted by Crippen LogP contribution is 2.37. The summed E-state index contributed by atoms with van der Waals surface area (Å²) in [6.45, 7) is 0.844. The summed E-state index contributed by atoms with van der Waals surface area (Å²) in [6.07, 6.45) is 0.442. The molecule has 0 aliphatic heterocycles. The van der Waals surface area contributed by atoms with Gasteiger partial charge in [-0.2, -0.15) is 0 Å². The zero-order valence-corrected chi connectivity index (χ0v) is 18.8. The standard InChI is InChI=1S/C25H20ClF2NO2S/c1-31-8-7-29-25(30)17-4-2-3-16(12-17)21-5-6-23(28)22-14-20(32-24(21)22)11-15-9-18(26)13-19(27)10-15/h2-6,9-10,12-14H,7-8,11H2,1H3,(H,29,30). The van der Waals surface area contributed by atoms with Gasteiger partial charge in [0, 0.05) is 45.6 Å². The first-order chi connectivity index (χ1) is 15.4. The lowest BCUT2D eigenvalue weighted by molar-refractivity contribution is 0.0937. The Hall–Kier alpha value is -2.80. The first-order valence-corrected chi connectivity index (χ1v) is 11.2. The van der Waals surface area contributed by atoms with Crippen molar-refractivity contribution in [2.24, 2.45) is 0 Å². The molecule has 0 atom stereocenters. The fraction of sp³-hybridized carbons (Fsp3) is 0.160. The minimum atomic E-state index is -0.402. The Morgan fingerprint density at radius 3 is 2.72 bits per heavy atom. The number of amides is 1. The van der Waals surface area contributed by atoms with Crippen LogP contribution in [0.25, 0.3) is 21.2 Å². The minimum Gasteiger partial charge on any atom is -0.383 e. The number of methoxy groups -OCH3 is 1. The van der Waals surface area contributed by atoms with E-state index in [1.54, 1.807) is 43.5 Å². The molecule has 0 unspecified atom stereocenters. The maximum absolute atomic E-state index is 14.6. The molecule has 1 heterocycles. The number of hydrogen-bond donors (Lipinski definition) is 1. The highest BCUT2D eigenvalue weighted by Gasteiger charge is 2.14. The summed E-state index contributed by atoms with van der Waals surface area (Å²) in [5.74, 6) is -0.921. The number of thiophene rings is 1. The van der Waals surface area contributed by atoms with E-state index in [1.807, 2.05) is 6.07 Å². The van der Waals surface area contributed by atoms with E-state index < -0.39 is 5.82 Å². The third kappa shape index (κ3) is 4.99. The third-order valence-corrected chi connectivity index (χ3v) is 6.40. The number of hydrogen-bond acceptors (Lipinski definition) is 3. The number of fused-ring (bicyclic) bond motifs is 1. The van der Waals surface area contributed by atoms with Crippen LogP contribution in [0, 0.1) is 11.6 Å². The van der Waals surface area contributed by atoms with Crippen molar-refractivity contribution in [2.75, 3.05) is 20.3 Å². The van der Waals surface area contributed by atoms with E-state index in [0.29, 0.717) is 35.5 Å². The van der Waals surface area contributed by atoms with E-state index in [9.17, 15) is 13.6 Å². The van der Waals surface area contributed by atoms with E-state index in [1.165, 1.54) is 29.5 Å². The van der Waals surface area contributed by atoms with E-state index in [0.717, 1.165) is 26.3 Å². The molecule has 4 aromatic rings. The fourth-order valence-electron chi connectivity index (χ4n) is 3.57. The molecule has 3 nitrogen and oxygen atoms in total. The molecule has 1 amide bonds. The van der Waals surface area contributed by atoms with Gasteiger partial charge < -0.3 is 10.1 Å². The largest absolute Gasteiger partial charge is 0.383 e. The second-order valence-corrected chi connectivity index (χ2v) is 8.91. The highest BCUT2D eigenvalue weighted by molar-refractivity contribution is 7.19. The lowest BCUT2D eigenvalue weighted by Crippen LogP contribution is -2.26. The summed E-state index contributed by atoms with van der Waals surface area (Å²) < 4.78 is 34.0. The normalized spacial score (nSPS) is 11.1. The Kier molecular flexibility index (Phi) is 6.84. The zero-order chi connectivity index (χ0) is 22.7. The van der Waals surface area contributed by atoms with Crippen LogP contribution in [0.5, 0.6) is 0 Å². The Balaban J connectivity index is 1.69. The fourth-order valence-corrected chi connectivity index (χ4v) is 5.05. The van der Waals surface area contributed by atoms with E-state index >= 15 is 0 Å². The quantitative estimate of drug-likeness (QED) is 0.314. The molecule has 0 aliphatic carbocycles. The third-order valence-electron chi connectivity index (χ3n) is 5.01. The first-order valence-electron chi connectivity index (χ1n) is 9.98. The summed E-state index contributed by atoms with van der Waals surface area (Å²) >= 11 is 7.42. The van der Waals surface area contributed by atoms with Crippen molar-refractivity contribution < 1.29 is 18.3 Å². The van der Waals surface area contributed by atoms with Crippen LogP contribution in [0.1, 0.15) is 20.8 Å². The Bertz CT molecular complexity index is 1270. The Labute approximate surface area is 193 Å². The lowest BCUT2D eigenvalue weighted by Gasteiger charge is -2.08. The molecule has 0 saturated heterocycles. The van der Waals surface area contributed by atoms with Crippen molar-refractivity contribution in [1.29, 1.82) is 0 Å². The van der Waals surface area contributed by atoms with Crippen molar-refractivity contribution in [1.82, 2.24) is 5.32 Å². The number of nitrogens with one attached hydrogen (secondary N) is 1. The van der Waals surface area contributed by atoms with Gasteiger partial charge >= 0.3 is 0 Å². The molecule has 32 heavy (non-hydrogen) atoms. The molecule has 1 aromatic heterocycles. The van der Waals surface area contributed by atoms with Crippen molar-refractivity contribution in [2.45, 2.75) is 6.42 Å². The maximum atomic E-state index is 14.6. The highest BCUT2D eigenvalue weighted by atomic mass is 35.5. The Morgan fingerprint density at radius 2 is 1.94 bits per heavy atom. The molecular weight excluding hydrogens is 452 g/mol. The van der Waals surface area contributed by atoms with Crippen molar-refractivity contribution >= 4 is 38.9 Å². The molecule has 3 aromatic carbocycles. The molecule has 0 spiro atoms. The summed E-state index contributed by atoms with van der Waals surface area (Å²) in [6, 6.07) is 16.6. The number of rotatable bonds is 7. The van der Waals surface area contributed by atoms with Crippen LogP contribution in [0.3, 0.4) is 0 Å². The van der Waals surface area contributed by atoms with Crippen LogP contribution in [0.2, 0.25) is 5.02 Å². The van der Waals surface area contributed by atoms with Crippen LogP contribution in [0.4, 0.5) is 8.78 Å². The molecule has 164 valence electrons. The average Bonchev–Trinajstić information content (AvgIpc) is 3.18. The van der Waals surface area contributed by atoms with Gasteiger partial charge in [-0.05, 0) is 59.2 Å². The predicted octanol–water partition coefficient (Wildman–Crippen LogP) is 6.47. The summed E-state index contributed by atoms with van der Waals surface area (Å²) in [5.41, 5.74) is 2.89. The van der Waals surface area contributed by atoms with Crippen molar-refractivity contribution in [3.8, 4) is 11.1 Å². The van der Waals surface area contributed by atoms with Gasteiger partial charge in [-0.3, -0.25) is 4.79 Å². The van der Waals surface area contributed by atoms with E-state index in [-0.39, 0.29) is 11.7 Å². The molecule has 1 N–H and O–H groups in total. The van der Waals surface area contributed by atoms with Gasteiger partial charge in [0.25, 0.3) is 5.91 Å². The van der Waals surface area contributed by atoms with Crippen molar-refractivity contribution in [3.05, 3.63) is 93.3 Å². The summed E-state index contributed by atoms with van der Waals surface area (Å²) in [7, 11) is 1.57. The average molecular weight is 472 g/mol. The summed E-state index contributed by atoms with van der Waals surface area (Å²) in [4.78, 5) is 13.3. The van der Waals surface area contributed by atoms with Crippen LogP contribution < -0.4 is 5.32 Å². The number of carbonyl (C=O) groups excluding carboxylic acids is 1. The maximum Gasteiger partial charge on any atom is 0.251 e. The van der Waals surface area contributed by atoms with Crippen LogP contribution in [-0.4, -0.2) is 26.2 Å². The second kappa shape index (κ2) is 9.77. The Morgan fingerprint density at radius 1 is 1.09 bits per heavy atom. The van der Waals surface area contributed by atoms with Crippen molar-refractivity contribution in [3.63, 3.8) is 0 Å². The first kappa shape index (κ1) is 22.4. The van der Waals surface area contributed by atoms with E-state index in [2.05, 4.69) is 5.32 Å². The smallest absolute Gasteiger partial charge is 0.251 e.